The SMILES string of the molecule is CN[C@H](C(=O)N[C@H](C(=O)N(C)[C@H](C=C(C)C(=O)NS(=O)(=O)c1ccc(OC)cc1[N+](=O)[O-])C(C)C)C(C)(C)C)C(C)(C)c1ccccc1. The molecule has 3 atom stereocenters. The molecule has 3 amide bonds. The van der Waals surface area contributed by atoms with Gasteiger partial charge in [-0.05, 0) is 43.0 Å². The van der Waals surface area contributed by atoms with Gasteiger partial charge in [0.2, 0.25) is 11.8 Å². The van der Waals surface area contributed by atoms with Gasteiger partial charge in [-0.15, -0.1) is 0 Å². The Bertz CT molecular complexity index is 1630. The van der Waals surface area contributed by atoms with Gasteiger partial charge in [0.05, 0.1) is 30.2 Å². The van der Waals surface area contributed by atoms with Gasteiger partial charge in [-0.2, -0.15) is 0 Å². The average molecular weight is 688 g/mol. The Morgan fingerprint density at radius 3 is 2.06 bits per heavy atom. The standard InChI is InChI=1S/C34H49N5O8S/c1-21(2)25(19-22(3)30(40)37-48(45,46)27-18-17-24(47-11)20-26(27)39(43)44)38(10)32(42)29(33(4,5)6)36-31(41)28(35-9)34(7,8)23-15-13-12-14-16-23/h12-21,25,28-29,35H,1-11H3,(H,36,41)(H,37,40)/t25-,28-,29-/m1/s1. The Kier molecular flexibility index (Phi) is 13.1. The molecule has 0 aliphatic heterocycles. The highest BCUT2D eigenvalue weighted by molar-refractivity contribution is 7.90. The van der Waals surface area contributed by atoms with E-state index in [9.17, 15) is 32.9 Å². The van der Waals surface area contributed by atoms with E-state index in [4.69, 9.17) is 4.74 Å². The third kappa shape index (κ3) is 9.41. The molecule has 0 heterocycles. The number of amides is 3. The van der Waals surface area contributed by atoms with Crippen molar-refractivity contribution in [2.24, 2.45) is 11.3 Å². The molecule has 0 unspecified atom stereocenters. The smallest absolute Gasteiger partial charge is 0.293 e. The normalized spacial score (nSPS) is 14.5. The predicted molar refractivity (Wildman–Crippen MR) is 184 cm³/mol. The average Bonchev–Trinajstić information content (AvgIpc) is 3.00. The first-order chi connectivity index (χ1) is 22.1. The number of hydrogen-bond acceptors (Lipinski definition) is 9. The zero-order valence-corrected chi connectivity index (χ0v) is 30.4. The van der Waals surface area contributed by atoms with Crippen LogP contribution in [-0.4, -0.2) is 75.3 Å². The molecule has 0 radical (unpaired) electrons. The summed E-state index contributed by atoms with van der Waals surface area (Å²) < 4.78 is 33.0. The van der Waals surface area contributed by atoms with Crippen LogP contribution in [0.1, 0.15) is 61.0 Å². The van der Waals surface area contributed by atoms with Crippen molar-refractivity contribution in [3.8, 4) is 5.75 Å². The van der Waals surface area contributed by atoms with Crippen molar-refractivity contribution in [1.82, 2.24) is 20.3 Å². The van der Waals surface area contributed by atoms with Gasteiger partial charge < -0.3 is 20.3 Å². The van der Waals surface area contributed by atoms with Gasteiger partial charge in [-0.25, -0.2) is 13.1 Å². The molecule has 2 aromatic carbocycles. The molecule has 13 nitrogen and oxygen atoms in total. The molecule has 264 valence electrons. The van der Waals surface area contributed by atoms with Gasteiger partial charge in [-0.1, -0.05) is 84.9 Å². The van der Waals surface area contributed by atoms with E-state index in [-0.39, 0.29) is 23.1 Å². The summed E-state index contributed by atoms with van der Waals surface area (Å²) in [6.45, 7) is 14.4. The number of methoxy groups -OCH3 is 1. The number of rotatable bonds is 14. The van der Waals surface area contributed by atoms with Crippen LogP contribution in [0.4, 0.5) is 5.69 Å². The van der Waals surface area contributed by atoms with Crippen LogP contribution < -0.4 is 20.1 Å². The Labute approximate surface area is 283 Å². The topological polar surface area (TPSA) is 177 Å². The molecule has 3 N–H and O–H groups in total. The molecule has 0 aliphatic rings. The predicted octanol–water partition coefficient (Wildman–Crippen LogP) is 3.93. The highest BCUT2D eigenvalue weighted by Gasteiger charge is 2.41. The first-order valence-corrected chi connectivity index (χ1v) is 17.0. The summed E-state index contributed by atoms with van der Waals surface area (Å²) in [4.78, 5) is 52.4. The van der Waals surface area contributed by atoms with E-state index in [1.165, 1.54) is 31.1 Å². The van der Waals surface area contributed by atoms with Crippen molar-refractivity contribution in [2.45, 2.75) is 83.8 Å². The van der Waals surface area contributed by atoms with Crippen LogP contribution in [-0.2, 0) is 29.8 Å². The molecule has 2 aromatic rings. The second kappa shape index (κ2) is 15.7. The fourth-order valence-corrected chi connectivity index (χ4v) is 6.58. The van der Waals surface area contributed by atoms with E-state index in [1.54, 1.807) is 14.1 Å². The lowest BCUT2D eigenvalue weighted by molar-refractivity contribution is -0.387. The van der Waals surface area contributed by atoms with E-state index in [2.05, 4.69) is 10.6 Å². The van der Waals surface area contributed by atoms with Crippen LogP contribution in [0.15, 0.2) is 65.1 Å². The van der Waals surface area contributed by atoms with E-state index in [0.29, 0.717) is 0 Å². The monoisotopic (exact) mass is 687 g/mol. The number of nitro groups is 1. The summed E-state index contributed by atoms with van der Waals surface area (Å²) in [5.74, 6) is -1.96. The van der Waals surface area contributed by atoms with Crippen LogP contribution in [0.5, 0.6) is 5.75 Å². The van der Waals surface area contributed by atoms with Crippen molar-refractivity contribution in [1.29, 1.82) is 0 Å². The fraction of sp³-hybridized carbons (Fsp3) is 0.500. The third-order valence-electron chi connectivity index (χ3n) is 8.33. The molecular formula is C34H49N5O8S. The van der Waals surface area contributed by atoms with Crippen LogP contribution in [0.2, 0.25) is 0 Å². The second-order valence-corrected chi connectivity index (χ2v) is 15.3. The third-order valence-corrected chi connectivity index (χ3v) is 9.70. The minimum atomic E-state index is -4.66. The largest absolute Gasteiger partial charge is 0.497 e. The number of nitrogens with zero attached hydrogens (tertiary/aromatic N) is 2. The molecule has 14 heteroatoms. The fourth-order valence-electron chi connectivity index (χ4n) is 5.41. The van der Waals surface area contributed by atoms with Crippen LogP contribution in [0.25, 0.3) is 0 Å². The van der Waals surface area contributed by atoms with Crippen molar-refractivity contribution < 1.29 is 32.5 Å². The highest BCUT2D eigenvalue weighted by atomic mass is 32.2. The number of nitro benzene ring substituents is 1. The lowest BCUT2D eigenvalue weighted by Gasteiger charge is -2.40. The Morgan fingerprint density at radius 1 is 1.00 bits per heavy atom. The Hall–Kier alpha value is -4.30. The van der Waals surface area contributed by atoms with Crippen LogP contribution >= 0.6 is 0 Å². The number of hydrogen-bond donors (Lipinski definition) is 3. The molecular weight excluding hydrogens is 638 g/mol. The van der Waals surface area contributed by atoms with E-state index in [0.717, 1.165) is 17.7 Å². The number of sulfonamides is 1. The van der Waals surface area contributed by atoms with Crippen LogP contribution in [0, 0.1) is 21.4 Å². The zero-order valence-electron chi connectivity index (χ0n) is 29.6. The number of nitrogens with one attached hydrogen (secondary N) is 3. The Morgan fingerprint density at radius 2 is 1.58 bits per heavy atom. The lowest BCUT2D eigenvalue weighted by Crippen LogP contribution is -2.61. The first-order valence-electron chi connectivity index (χ1n) is 15.5. The molecule has 2 rings (SSSR count). The molecule has 0 bridgehead atoms. The van der Waals surface area contributed by atoms with Crippen molar-refractivity contribution in [3.63, 3.8) is 0 Å². The van der Waals surface area contributed by atoms with E-state index in [1.807, 2.05) is 83.5 Å². The van der Waals surface area contributed by atoms with Crippen molar-refractivity contribution in [3.05, 3.63) is 75.9 Å². The summed E-state index contributed by atoms with van der Waals surface area (Å²) >= 11 is 0. The molecule has 0 aromatic heterocycles. The van der Waals surface area contributed by atoms with Gasteiger partial charge in [0.1, 0.15) is 11.8 Å². The first kappa shape index (κ1) is 39.9. The lowest BCUT2D eigenvalue weighted by atomic mass is 9.76. The molecule has 0 saturated heterocycles. The summed E-state index contributed by atoms with van der Waals surface area (Å²) in [6.07, 6.45) is 1.46. The summed E-state index contributed by atoms with van der Waals surface area (Å²) in [7, 11) is -0.135. The van der Waals surface area contributed by atoms with Crippen molar-refractivity contribution in [2.75, 3.05) is 21.2 Å². The van der Waals surface area contributed by atoms with E-state index >= 15 is 0 Å². The number of carbonyl (C=O) groups excluding carboxylic acids is 3. The van der Waals surface area contributed by atoms with E-state index < -0.39 is 66.3 Å². The zero-order chi connectivity index (χ0) is 36.8. The van der Waals surface area contributed by atoms with Gasteiger partial charge in [0, 0.05) is 18.0 Å². The number of ether oxygens (including phenoxy) is 1. The maximum absolute atomic E-state index is 14.1. The van der Waals surface area contributed by atoms with Gasteiger partial charge >= 0.3 is 0 Å². The molecule has 0 aliphatic carbocycles. The molecule has 0 fully saturated rings. The molecule has 48 heavy (non-hydrogen) atoms. The van der Waals surface area contributed by atoms with Gasteiger partial charge in [-0.3, -0.25) is 24.5 Å². The van der Waals surface area contributed by atoms with Crippen LogP contribution in [0.3, 0.4) is 0 Å². The minimum Gasteiger partial charge on any atom is -0.497 e. The second-order valence-electron chi connectivity index (χ2n) is 13.7. The summed E-state index contributed by atoms with van der Waals surface area (Å²) in [5.41, 5.74) is -1.20. The summed E-state index contributed by atoms with van der Waals surface area (Å²) in [5, 5.41) is 17.6. The quantitative estimate of drug-likeness (QED) is 0.151. The minimum absolute atomic E-state index is 0.0377. The molecule has 0 spiro atoms. The molecule has 0 saturated carbocycles. The maximum Gasteiger partial charge on any atom is 0.293 e. The maximum atomic E-state index is 14.1. The Balaban J connectivity index is 2.38. The number of carbonyl (C=O) groups is 3. The number of benzene rings is 2. The highest BCUT2D eigenvalue weighted by Crippen LogP contribution is 2.30. The van der Waals surface area contributed by atoms with Crippen molar-refractivity contribution >= 4 is 33.4 Å². The summed E-state index contributed by atoms with van der Waals surface area (Å²) in [6, 6.07) is 10.4. The van der Waals surface area contributed by atoms with Gasteiger partial charge in [0.15, 0.2) is 4.90 Å². The number of likely N-dealkylation sites (N-methyl/N-ethyl adjacent to an activating group) is 2. The van der Waals surface area contributed by atoms with Gasteiger partial charge in [0.25, 0.3) is 21.6 Å².